The molecule has 0 aromatic rings. The van der Waals surface area contributed by atoms with Crippen LogP contribution in [-0.4, -0.2) is 51.6 Å². The van der Waals surface area contributed by atoms with Crippen molar-refractivity contribution in [3.63, 3.8) is 0 Å². The van der Waals surface area contributed by atoms with Gasteiger partial charge in [0.05, 0.1) is 5.60 Å². The van der Waals surface area contributed by atoms with Gasteiger partial charge in [-0.15, -0.1) is 0 Å². The zero-order valence-corrected chi connectivity index (χ0v) is 7.60. The quantitative estimate of drug-likeness (QED) is 0.474. The van der Waals surface area contributed by atoms with Crippen molar-refractivity contribution in [1.29, 1.82) is 0 Å². The fraction of sp³-hybridized carbons (Fsp3) is 1.00. The van der Waals surface area contributed by atoms with Gasteiger partial charge < -0.3 is 24.8 Å². The van der Waals surface area contributed by atoms with Crippen LogP contribution in [0.2, 0.25) is 0 Å². The Labute approximate surface area is 75.9 Å². The molecule has 0 aromatic heterocycles. The summed E-state index contributed by atoms with van der Waals surface area (Å²) in [5.74, 6) is -1.31. The standard InChI is InChI=1S/C8H14O5/c1-7(2)5(10)4-6(11)8(3-9,12-4)13-7/h4-6,9-11H,3H2,1-2H3. The van der Waals surface area contributed by atoms with Crippen molar-refractivity contribution in [3.05, 3.63) is 0 Å². The summed E-state index contributed by atoms with van der Waals surface area (Å²) in [6.45, 7) is 2.99. The summed E-state index contributed by atoms with van der Waals surface area (Å²) in [6, 6.07) is 0. The van der Waals surface area contributed by atoms with Gasteiger partial charge in [0.25, 0.3) is 0 Å². The van der Waals surface area contributed by atoms with Crippen LogP contribution < -0.4 is 0 Å². The van der Waals surface area contributed by atoms with Crippen molar-refractivity contribution in [2.45, 2.75) is 43.5 Å². The molecule has 3 saturated heterocycles. The fourth-order valence-corrected chi connectivity index (χ4v) is 1.93. The van der Waals surface area contributed by atoms with Crippen LogP contribution in [0.4, 0.5) is 0 Å². The Hall–Kier alpha value is -0.200. The molecule has 0 saturated carbocycles. The summed E-state index contributed by atoms with van der Waals surface area (Å²) < 4.78 is 10.4. The molecule has 4 atom stereocenters. The molecule has 0 radical (unpaired) electrons. The van der Waals surface area contributed by atoms with Crippen LogP contribution in [0.15, 0.2) is 0 Å². The zero-order valence-electron chi connectivity index (χ0n) is 7.60. The van der Waals surface area contributed by atoms with Gasteiger partial charge in [-0.25, -0.2) is 0 Å². The maximum atomic E-state index is 9.63. The molecule has 0 aromatic carbocycles. The molecule has 4 unspecified atom stereocenters. The van der Waals surface area contributed by atoms with Gasteiger partial charge in [0, 0.05) is 0 Å². The Balaban J connectivity index is 2.23. The van der Waals surface area contributed by atoms with Crippen LogP contribution in [0.1, 0.15) is 13.8 Å². The highest BCUT2D eigenvalue weighted by molar-refractivity contribution is 5.09. The second-order valence-electron chi connectivity index (χ2n) is 4.15. The van der Waals surface area contributed by atoms with Gasteiger partial charge in [-0.3, -0.25) is 0 Å². The summed E-state index contributed by atoms with van der Waals surface area (Å²) in [5, 5.41) is 28.1. The molecule has 0 spiro atoms. The SMILES string of the molecule is CC1(C)OC2(CO)OC(C1O)C2O. The second-order valence-corrected chi connectivity index (χ2v) is 4.15. The third-order valence-corrected chi connectivity index (χ3v) is 2.78. The number of aliphatic hydroxyl groups excluding tert-OH is 3. The van der Waals surface area contributed by atoms with Crippen molar-refractivity contribution < 1.29 is 24.8 Å². The third-order valence-electron chi connectivity index (χ3n) is 2.78. The van der Waals surface area contributed by atoms with E-state index in [-0.39, 0.29) is 0 Å². The molecule has 5 heteroatoms. The average molecular weight is 190 g/mol. The Morgan fingerprint density at radius 2 is 1.85 bits per heavy atom. The lowest BCUT2D eigenvalue weighted by atomic mass is 9.81. The molecule has 3 heterocycles. The van der Waals surface area contributed by atoms with Gasteiger partial charge in [-0.1, -0.05) is 0 Å². The van der Waals surface area contributed by atoms with Gasteiger partial charge in [0.1, 0.15) is 24.9 Å². The first kappa shape index (κ1) is 9.36. The number of hydrogen-bond donors (Lipinski definition) is 3. The molecular weight excluding hydrogens is 176 g/mol. The Morgan fingerprint density at radius 1 is 1.23 bits per heavy atom. The lowest BCUT2D eigenvalue weighted by Crippen LogP contribution is -2.80. The number of rotatable bonds is 1. The average Bonchev–Trinajstić information content (AvgIpc) is 2.07. The molecule has 2 bridgehead atoms. The van der Waals surface area contributed by atoms with Gasteiger partial charge in [-0.05, 0) is 13.8 Å². The fourth-order valence-electron chi connectivity index (χ4n) is 1.93. The smallest absolute Gasteiger partial charge is 0.222 e. The Bertz CT molecular complexity index is 229. The van der Waals surface area contributed by atoms with Crippen LogP contribution >= 0.6 is 0 Å². The molecule has 5 nitrogen and oxygen atoms in total. The molecular formula is C8H14O5. The summed E-state index contributed by atoms with van der Waals surface area (Å²) in [5.41, 5.74) is -0.787. The first-order chi connectivity index (χ1) is 5.93. The Kier molecular flexibility index (Phi) is 1.75. The van der Waals surface area contributed by atoms with E-state index < -0.39 is 36.3 Å². The number of fused-ring (bicyclic) bond motifs is 2. The predicted molar refractivity (Wildman–Crippen MR) is 41.9 cm³/mol. The monoisotopic (exact) mass is 190 g/mol. The minimum atomic E-state index is -1.31. The molecule has 3 rings (SSSR count). The second kappa shape index (κ2) is 2.43. The van der Waals surface area contributed by atoms with Crippen molar-refractivity contribution >= 4 is 0 Å². The highest BCUT2D eigenvalue weighted by atomic mass is 16.8. The van der Waals surface area contributed by atoms with E-state index in [2.05, 4.69) is 0 Å². The third kappa shape index (κ3) is 0.992. The van der Waals surface area contributed by atoms with Gasteiger partial charge >= 0.3 is 0 Å². The van der Waals surface area contributed by atoms with Gasteiger partial charge in [0.2, 0.25) is 5.79 Å². The maximum absolute atomic E-state index is 9.63. The number of hydrogen-bond acceptors (Lipinski definition) is 5. The first-order valence-corrected chi connectivity index (χ1v) is 4.28. The molecule has 0 aliphatic carbocycles. The van der Waals surface area contributed by atoms with Crippen LogP contribution in [-0.2, 0) is 9.47 Å². The van der Waals surface area contributed by atoms with Crippen molar-refractivity contribution in [1.82, 2.24) is 0 Å². The highest BCUT2D eigenvalue weighted by Crippen LogP contribution is 2.47. The van der Waals surface area contributed by atoms with E-state index in [9.17, 15) is 10.2 Å². The largest absolute Gasteiger partial charge is 0.391 e. The van der Waals surface area contributed by atoms with Crippen molar-refractivity contribution in [2.24, 2.45) is 0 Å². The minimum absolute atomic E-state index is 0.402. The molecule has 0 amide bonds. The molecule has 3 aliphatic heterocycles. The van der Waals surface area contributed by atoms with E-state index in [1.165, 1.54) is 0 Å². The molecule has 13 heavy (non-hydrogen) atoms. The maximum Gasteiger partial charge on any atom is 0.222 e. The molecule has 3 fully saturated rings. The van der Waals surface area contributed by atoms with E-state index in [0.717, 1.165) is 0 Å². The van der Waals surface area contributed by atoms with Crippen LogP contribution in [0.5, 0.6) is 0 Å². The lowest BCUT2D eigenvalue weighted by Gasteiger charge is -2.61. The number of ether oxygens (including phenoxy) is 2. The van der Waals surface area contributed by atoms with Gasteiger partial charge in [0.15, 0.2) is 0 Å². The topological polar surface area (TPSA) is 79.2 Å². The van der Waals surface area contributed by atoms with E-state index in [4.69, 9.17) is 14.6 Å². The highest BCUT2D eigenvalue weighted by Gasteiger charge is 2.67. The van der Waals surface area contributed by atoms with Crippen molar-refractivity contribution in [2.75, 3.05) is 6.61 Å². The summed E-state index contributed by atoms with van der Waals surface area (Å²) >= 11 is 0. The minimum Gasteiger partial charge on any atom is -0.391 e. The summed E-state index contributed by atoms with van der Waals surface area (Å²) in [6.07, 6.45) is -2.45. The number of aliphatic hydroxyl groups is 3. The normalized spacial score (nSPS) is 52.8. The van der Waals surface area contributed by atoms with Crippen LogP contribution in [0, 0.1) is 0 Å². The van der Waals surface area contributed by atoms with E-state index in [1.807, 2.05) is 0 Å². The van der Waals surface area contributed by atoms with Crippen LogP contribution in [0.3, 0.4) is 0 Å². The van der Waals surface area contributed by atoms with E-state index in [0.29, 0.717) is 0 Å². The molecule has 3 N–H and O–H groups in total. The zero-order chi connectivity index (χ0) is 9.85. The summed E-state index contributed by atoms with van der Waals surface area (Å²) in [7, 11) is 0. The van der Waals surface area contributed by atoms with Gasteiger partial charge in [-0.2, -0.15) is 0 Å². The van der Waals surface area contributed by atoms with E-state index >= 15 is 0 Å². The molecule has 3 aliphatic rings. The lowest BCUT2D eigenvalue weighted by molar-refractivity contribution is -0.490. The van der Waals surface area contributed by atoms with Crippen molar-refractivity contribution in [3.8, 4) is 0 Å². The Morgan fingerprint density at radius 3 is 2.31 bits per heavy atom. The van der Waals surface area contributed by atoms with Crippen LogP contribution in [0.25, 0.3) is 0 Å². The first-order valence-electron chi connectivity index (χ1n) is 4.28. The summed E-state index contributed by atoms with van der Waals surface area (Å²) in [4.78, 5) is 0. The predicted octanol–water partition coefficient (Wildman–Crippen LogP) is -1.40. The molecule has 76 valence electrons. The van der Waals surface area contributed by atoms with E-state index in [1.54, 1.807) is 13.8 Å².